The zero-order chi connectivity index (χ0) is 21.1. The molecule has 1 saturated heterocycles. The molecule has 0 aromatic heterocycles. The van der Waals surface area contributed by atoms with Crippen molar-refractivity contribution >= 4 is 42.6 Å². The van der Waals surface area contributed by atoms with Crippen molar-refractivity contribution in [3.8, 4) is 0 Å². The second kappa shape index (κ2) is 8.88. The number of piperazine rings is 1. The lowest BCUT2D eigenvalue weighted by Gasteiger charge is -2.34. The Labute approximate surface area is 185 Å². The topological polar surface area (TPSA) is 57.7 Å². The van der Waals surface area contributed by atoms with Gasteiger partial charge >= 0.3 is 0 Å². The van der Waals surface area contributed by atoms with E-state index < -0.39 is 10.0 Å². The van der Waals surface area contributed by atoms with Gasteiger partial charge in [0.1, 0.15) is 0 Å². The fraction of sp³-hybridized carbons (Fsp3) is 0.261. The number of rotatable bonds is 5. The summed E-state index contributed by atoms with van der Waals surface area (Å²) in [5.41, 5.74) is 1.11. The van der Waals surface area contributed by atoms with Crippen molar-refractivity contribution in [3.05, 3.63) is 76.8 Å². The number of fused-ring (bicyclic) bond motifs is 1. The Kier molecular flexibility index (Phi) is 6.22. The van der Waals surface area contributed by atoms with Crippen molar-refractivity contribution < 1.29 is 13.2 Å². The van der Waals surface area contributed by atoms with Crippen molar-refractivity contribution in [3.63, 3.8) is 0 Å². The van der Waals surface area contributed by atoms with Gasteiger partial charge in [0.2, 0.25) is 15.9 Å². The number of hydrogen-bond acceptors (Lipinski definition) is 3. The molecule has 3 aromatic rings. The Morgan fingerprint density at radius 1 is 0.867 bits per heavy atom. The molecule has 3 aromatic carbocycles. The van der Waals surface area contributed by atoms with Gasteiger partial charge < -0.3 is 4.90 Å². The van der Waals surface area contributed by atoms with E-state index in [1.807, 2.05) is 54.6 Å². The maximum atomic E-state index is 13.1. The van der Waals surface area contributed by atoms with E-state index in [0.29, 0.717) is 43.9 Å². The first-order valence-electron chi connectivity index (χ1n) is 9.95. The van der Waals surface area contributed by atoms with Gasteiger partial charge in [-0.1, -0.05) is 58.4 Å². The van der Waals surface area contributed by atoms with Crippen LogP contribution in [0.15, 0.2) is 76.1 Å². The summed E-state index contributed by atoms with van der Waals surface area (Å²) in [5, 5.41) is 1.91. The highest BCUT2D eigenvalue weighted by molar-refractivity contribution is 9.10. The second-order valence-electron chi connectivity index (χ2n) is 7.42. The lowest BCUT2D eigenvalue weighted by atomic mass is 10.1. The van der Waals surface area contributed by atoms with Crippen LogP contribution in [0.3, 0.4) is 0 Å². The van der Waals surface area contributed by atoms with Crippen molar-refractivity contribution in [2.45, 2.75) is 17.7 Å². The molecule has 0 bridgehead atoms. The van der Waals surface area contributed by atoms with Gasteiger partial charge in [0.25, 0.3) is 0 Å². The molecule has 0 saturated carbocycles. The molecule has 1 aliphatic heterocycles. The minimum absolute atomic E-state index is 0.0673. The molecule has 0 aliphatic carbocycles. The number of amides is 1. The predicted molar refractivity (Wildman–Crippen MR) is 122 cm³/mol. The van der Waals surface area contributed by atoms with E-state index in [1.165, 1.54) is 4.31 Å². The largest absolute Gasteiger partial charge is 0.340 e. The van der Waals surface area contributed by atoms with Crippen LogP contribution in [0.1, 0.15) is 12.0 Å². The molecule has 0 unspecified atom stereocenters. The fourth-order valence-corrected chi connectivity index (χ4v) is 5.66. The molecule has 0 radical (unpaired) electrons. The lowest BCUT2D eigenvalue weighted by molar-refractivity contribution is -0.132. The van der Waals surface area contributed by atoms with Crippen LogP contribution in [-0.2, 0) is 21.2 Å². The smallest absolute Gasteiger partial charge is 0.243 e. The van der Waals surface area contributed by atoms with E-state index >= 15 is 0 Å². The maximum absolute atomic E-state index is 13.1. The van der Waals surface area contributed by atoms with Gasteiger partial charge in [0.05, 0.1) is 4.90 Å². The Morgan fingerprint density at radius 3 is 2.33 bits per heavy atom. The Bertz CT molecular complexity index is 1170. The standard InChI is InChI=1S/C23H23BrN2O3S/c24-21-7-3-4-18(16-21)8-11-23(27)25-12-14-26(15-13-25)30(28,29)22-10-9-19-5-1-2-6-20(19)17-22/h1-7,9-10,16-17H,8,11-15H2. The summed E-state index contributed by atoms with van der Waals surface area (Å²) in [7, 11) is -3.57. The number of aryl methyl sites for hydroxylation is 1. The molecule has 4 rings (SSSR count). The second-order valence-corrected chi connectivity index (χ2v) is 10.3. The number of carbonyl (C=O) groups excluding carboxylic acids is 1. The zero-order valence-electron chi connectivity index (χ0n) is 16.5. The molecule has 7 heteroatoms. The average Bonchev–Trinajstić information content (AvgIpc) is 2.77. The van der Waals surface area contributed by atoms with E-state index in [2.05, 4.69) is 15.9 Å². The molecule has 5 nitrogen and oxygen atoms in total. The lowest BCUT2D eigenvalue weighted by Crippen LogP contribution is -2.50. The van der Waals surface area contributed by atoms with Gasteiger partial charge in [-0.2, -0.15) is 4.31 Å². The molecule has 1 aliphatic rings. The molecule has 0 spiro atoms. The predicted octanol–water partition coefficient (Wildman–Crippen LogP) is 4.07. The minimum Gasteiger partial charge on any atom is -0.340 e. The molecule has 0 N–H and O–H groups in total. The third kappa shape index (κ3) is 4.58. The van der Waals surface area contributed by atoms with Gasteiger partial charge in [-0.25, -0.2) is 8.42 Å². The Balaban J connectivity index is 1.37. The fourth-order valence-electron chi connectivity index (χ4n) is 3.76. The minimum atomic E-state index is -3.57. The van der Waals surface area contributed by atoms with Crippen molar-refractivity contribution in [2.75, 3.05) is 26.2 Å². The highest BCUT2D eigenvalue weighted by Crippen LogP contribution is 2.23. The summed E-state index contributed by atoms with van der Waals surface area (Å²) in [6.45, 7) is 1.48. The third-order valence-electron chi connectivity index (χ3n) is 5.47. The van der Waals surface area contributed by atoms with Crippen LogP contribution in [0.4, 0.5) is 0 Å². The van der Waals surface area contributed by atoms with E-state index in [4.69, 9.17) is 0 Å². The monoisotopic (exact) mass is 486 g/mol. The van der Waals surface area contributed by atoms with Gasteiger partial charge in [0.15, 0.2) is 0 Å². The number of carbonyl (C=O) groups is 1. The number of halogens is 1. The first-order valence-corrected chi connectivity index (χ1v) is 12.2. The first-order chi connectivity index (χ1) is 14.4. The Morgan fingerprint density at radius 2 is 1.60 bits per heavy atom. The first kappa shape index (κ1) is 21.0. The van der Waals surface area contributed by atoms with Gasteiger partial charge in [-0.15, -0.1) is 0 Å². The molecule has 1 fully saturated rings. The van der Waals surface area contributed by atoms with Gasteiger partial charge in [-0.3, -0.25) is 4.79 Å². The summed E-state index contributed by atoms with van der Waals surface area (Å²) in [4.78, 5) is 14.6. The Hall–Kier alpha value is -2.22. The molecular weight excluding hydrogens is 464 g/mol. The van der Waals surface area contributed by atoms with E-state index in [9.17, 15) is 13.2 Å². The zero-order valence-corrected chi connectivity index (χ0v) is 18.9. The summed E-state index contributed by atoms with van der Waals surface area (Å²) in [5.74, 6) is 0.0673. The van der Waals surface area contributed by atoms with Crippen LogP contribution in [-0.4, -0.2) is 49.7 Å². The molecule has 1 amide bonds. The van der Waals surface area contributed by atoms with Crippen LogP contribution in [0, 0.1) is 0 Å². The van der Waals surface area contributed by atoms with Crippen molar-refractivity contribution in [1.82, 2.24) is 9.21 Å². The average molecular weight is 487 g/mol. The summed E-state index contributed by atoms with van der Waals surface area (Å²) in [6.07, 6.45) is 1.10. The molecule has 0 atom stereocenters. The van der Waals surface area contributed by atoms with Crippen LogP contribution in [0.25, 0.3) is 10.8 Å². The number of sulfonamides is 1. The van der Waals surface area contributed by atoms with Crippen molar-refractivity contribution in [1.29, 1.82) is 0 Å². The number of hydrogen-bond donors (Lipinski definition) is 0. The number of benzene rings is 3. The summed E-state index contributed by atoms with van der Waals surface area (Å²) in [6, 6.07) is 20.9. The SMILES string of the molecule is O=C(CCc1cccc(Br)c1)N1CCN(S(=O)(=O)c2ccc3ccccc3c2)CC1. The summed E-state index contributed by atoms with van der Waals surface area (Å²) < 4.78 is 28.6. The number of nitrogens with zero attached hydrogens (tertiary/aromatic N) is 2. The van der Waals surface area contributed by atoms with Crippen molar-refractivity contribution in [2.24, 2.45) is 0 Å². The highest BCUT2D eigenvalue weighted by atomic mass is 79.9. The quantitative estimate of drug-likeness (QED) is 0.546. The van der Waals surface area contributed by atoms with Crippen LogP contribution >= 0.6 is 15.9 Å². The molecule has 1 heterocycles. The van der Waals surface area contributed by atoms with Crippen LogP contribution in [0.5, 0.6) is 0 Å². The molecular formula is C23H23BrN2O3S. The van der Waals surface area contributed by atoms with Gasteiger partial charge in [0, 0.05) is 37.1 Å². The van der Waals surface area contributed by atoms with E-state index in [0.717, 1.165) is 20.8 Å². The van der Waals surface area contributed by atoms with E-state index in [-0.39, 0.29) is 5.91 Å². The summed E-state index contributed by atoms with van der Waals surface area (Å²) >= 11 is 3.45. The molecule has 30 heavy (non-hydrogen) atoms. The van der Waals surface area contributed by atoms with Crippen LogP contribution < -0.4 is 0 Å². The maximum Gasteiger partial charge on any atom is 0.243 e. The van der Waals surface area contributed by atoms with E-state index in [1.54, 1.807) is 17.0 Å². The van der Waals surface area contributed by atoms with Crippen LogP contribution in [0.2, 0.25) is 0 Å². The highest BCUT2D eigenvalue weighted by Gasteiger charge is 2.30. The normalized spacial score (nSPS) is 15.4. The third-order valence-corrected chi connectivity index (χ3v) is 7.85. The van der Waals surface area contributed by atoms with Gasteiger partial charge in [-0.05, 0) is 47.0 Å². The molecule has 156 valence electrons.